The van der Waals surface area contributed by atoms with Crippen LogP contribution in [0.25, 0.3) is 0 Å². The molecule has 0 bridgehead atoms. The van der Waals surface area contributed by atoms with Crippen LogP contribution < -0.4 is 19.1 Å². The van der Waals surface area contributed by atoms with E-state index in [0.717, 1.165) is 21.9 Å². The van der Waals surface area contributed by atoms with Crippen molar-refractivity contribution in [1.29, 1.82) is 0 Å². The number of nitrogens with zero attached hydrogens (tertiary/aromatic N) is 1. The second-order valence-electron chi connectivity index (χ2n) is 6.39. The third-order valence-electron chi connectivity index (χ3n) is 4.37. The number of hydrogen-bond acceptors (Lipinski definition) is 5. The molecule has 0 saturated heterocycles. The average molecular weight is 441 g/mol. The summed E-state index contributed by atoms with van der Waals surface area (Å²) in [5, 5.41) is 3.14. The SMILES string of the molecule is CC[C@H](NC(=O)CN(c1ccc(OC)c(Cl)c1)S(C)(=O)=O)c1ccc(OC)cc1. The lowest BCUT2D eigenvalue weighted by Gasteiger charge is -2.24. The highest BCUT2D eigenvalue weighted by Crippen LogP contribution is 2.30. The number of benzene rings is 2. The first-order valence-corrected chi connectivity index (χ1v) is 11.2. The van der Waals surface area contributed by atoms with Gasteiger partial charge in [-0.1, -0.05) is 30.7 Å². The smallest absolute Gasteiger partial charge is 0.241 e. The lowest BCUT2D eigenvalue weighted by molar-refractivity contribution is -0.120. The first-order chi connectivity index (χ1) is 13.7. The van der Waals surface area contributed by atoms with Gasteiger partial charge in [0, 0.05) is 0 Å². The molecular weight excluding hydrogens is 416 g/mol. The summed E-state index contributed by atoms with van der Waals surface area (Å²) in [6.45, 7) is 1.57. The van der Waals surface area contributed by atoms with Crippen LogP contribution in [0.4, 0.5) is 5.69 Å². The van der Waals surface area contributed by atoms with E-state index in [2.05, 4.69) is 5.32 Å². The number of nitrogens with one attached hydrogen (secondary N) is 1. The number of anilines is 1. The molecule has 7 nitrogen and oxygen atoms in total. The first kappa shape index (κ1) is 22.8. The van der Waals surface area contributed by atoms with Gasteiger partial charge in [0.05, 0.1) is 37.2 Å². The van der Waals surface area contributed by atoms with E-state index in [-0.39, 0.29) is 23.3 Å². The minimum Gasteiger partial charge on any atom is -0.497 e. The molecule has 158 valence electrons. The number of carbonyl (C=O) groups excluding carboxylic acids is 1. The van der Waals surface area contributed by atoms with Crippen LogP contribution >= 0.6 is 11.6 Å². The molecule has 9 heteroatoms. The molecule has 0 heterocycles. The van der Waals surface area contributed by atoms with Crippen LogP contribution in [0.2, 0.25) is 5.02 Å². The average Bonchev–Trinajstić information content (AvgIpc) is 2.69. The first-order valence-electron chi connectivity index (χ1n) is 8.94. The predicted octanol–water partition coefficient (Wildman–Crippen LogP) is 3.39. The van der Waals surface area contributed by atoms with Crippen LogP contribution in [-0.2, 0) is 14.8 Å². The molecule has 1 N–H and O–H groups in total. The lowest BCUT2D eigenvalue weighted by Crippen LogP contribution is -2.41. The van der Waals surface area contributed by atoms with Gasteiger partial charge in [-0.3, -0.25) is 9.10 Å². The maximum absolute atomic E-state index is 12.6. The quantitative estimate of drug-likeness (QED) is 0.646. The van der Waals surface area contributed by atoms with E-state index in [4.69, 9.17) is 21.1 Å². The van der Waals surface area contributed by atoms with Crippen molar-refractivity contribution in [1.82, 2.24) is 5.32 Å². The van der Waals surface area contributed by atoms with Crippen LogP contribution in [0.15, 0.2) is 42.5 Å². The third-order valence-corrected chi connectivity index (χ3v) is 5.81. The van der Waals surface area contributed by atoms with Crippen molar-refractivity contribution in [2.45, 2.75) is 19.4 Å². The monoisotopic (exact) mass is 440 g/mol. The van der Waals surface area contributed by atoms with E-state index in [1.165, 1.54) is 13.2 Å². The van der Waals surface area contributed by atoms with Gasteiger partial charge in [-0.2, -0.15) is 0 Å². The number of hydrogen-bond donors (Lipinski definition) is 1. The number of sulfonamides is 1. The topological polar surface area (TPSA) is 84.9 Å². The molecule has 0 aliphatic rings. The Hall–Kier alpha value is -2.45. The Kier molecular flexibility index (Phi) is 7.75. The molecule has 0 unspecified atom stereocenters. The van der Waals surface area contributed by atoms with E-state index in [0.29, 0.717) is 12.2 Å². The molecular formula is C20H25ClN2O5S. The van der Waals surface area contributed by atoms with Crippen molar-refractivity contribution in [2.75, 3.05) is 31.3 Å². The number of methoxy groups -OCH3 is 2. The highest BCUT2D eigenvalue weighted by molar-refractivity contribution is 7.92. The van der Waals surface area contributed by atoms with Crippen LogP contribution in [0.5, 0.6) is 11.5 Å². The Labute approximate surface area is 176 Å². The molecule has 2 aromatic carbocycles. The molecule has 2 aromatic rings. The van der Waals surface area contributed by atoms with E-state index >= 15 is 0 Å². The lowest BCUT2D eigenvalue weighted by atomic mass is 10.0. The second-order valence-corrected chi connectivity index (χ2v) is 8.70. The van der Waals surface area contributed by atoms with Crippen molar-refractivity contribution in [3.8, 4) is 11.5 Å². The van der Waals surface area contributed by atoms with Crippen LogP contribution in [0, 0.1) is 0 Å². The van der Waals surface area contributed by atoms with Crippen molar-refractivity contribution in [3.63, 3.8) is 0 Å². The van der Waals surface area contributed by atoms with Gasteiger partial charge >= 0.3 is 0 Å². The Bertz CT molecular complexity index is 948. The van der Waals surface area contributed by atoms with Crippen molar-refractivity contribution in [2.24, 2.45) is 0 Å². The molecule has 0 radical (unpaired) electrons. The molecule has 0 spiro atoms. The number of rotatable bonds is 9. The van der Waals surface area contributed by atoms with Gasteiger partial charge in [-0.05, 0) is 42.3 Å². The highest BCUT2D eigenvalue weighted by Gasteiger charge is 2.23. The second kappa shape index (κ2) is 9.84. The van der Waals surface area contributed by atoms with Gasteiger partial charge < -0.3 is 14.8 Å². The molecule has 0 fully saturated rings. The fourth-order valence-electron chi connectivity index (χ4n) is 2.84. The Balaban J connectivity index is 2.20. The van der Waals surface area contributed by atoms with Gasteiger partial charge in [0.2, 0.25) is 15.9 Å². The van der Waals surface area contributed by atoms with E-state index in [9.17, 15) is 13.2 Å². The van der Waals surface area contributed by atoms with Gasteiger partial charge in [-0.25, -0.2) is 8.42 Å². The number of carbonyl (C=O) groups is 1. The molecule has 0 aliphatic carbocycles. The summed E-state index contributed by atoms with van der Waals surface area (Å²) in [6, 6.07) is 11.7. The number of ether oxygens (including phenoxy) is 2. The minimum atomic E-state index is -3.71. The van der Waals surface area contributed by atoms with Gasteiger partial charge in [0.15, 0.2) is 0 Å². The summed E-state index contributed by atoms with van der Waals surface area (Å²) in [4.78, 5) is 12.6. The van der Waals surface area contributed by atoms with E-state index in [1.807, 2.05) is 31.2 Å². The fraction of sp³-hybridized carbons (Fsp3) is 0.350. The van der Waals surface area contributed by atoms with Crippen molar-refractivity contribution in [3.05, 3.63) is 53.1 Å². The summed E-state index contributed by atoms with van der Waals surface area (Å²) >= 11 is 6.11. The molecule has 0 aromatic heterocycles. The van der Waals surface area contributed by atoms with Gasteiger partial charge in [0.1, 0.15) is 18.0 Å². The van der Waals surface area contributed by atoms with Crippen LogP contribution in [0.3, 0.4) is 0 Å². The van der Waals surface area contributed by atoms with Crippen molar-refractivity contribution < 1.29 is 22.7 Å². The largest absolute Gasteiger partial charge is 0.497 e. The summed E-state index contributed by atoms with van der Waals surface area (Å²) in [7, 11) is -0.661. The molecule has 1 atom stereocenters. The predicted molar refractivity (Wildman–Crippen MR) is 114 cm³/mol. The van der Waals surface area contributed by atoms with Crippen LogP contribution in [0.1, 0.15) is 24.9 Å². The maximum Gasteiger partial charge on any atom is 0.241 e. The standard InChI is InChI=1S/C20H25ClN2O5S/c1-5-18(14-6-9-16(27-2)10-7-14)22-20(24)13-23(29(4,25)26)15-8-11-19(28-3)17(21)12-15/h6-12,18H,5,13H2,1-4H3,(H,22,24)/t18-/m0/s1. The fourth-order valence-corrected chi connectivity index (χ4v) is 3.94. The zero-order valence-electron chi connectivity index (χ0n) is 16.8. The third kappa shape index (κ3) is 6.01. The Morgan fingerprint density at radius 3 is 2.28 bits per heavy atom. The molecule has 0 saturated carbocycles. The summed E-state index contributed by atoms with van der Waals surface area (Å²) in [5.74, 6) is 0.707. The van der Waals surface area contributed by atoms with Gasteiger partial charge in [0.25, 0.3) is 0 Å². The summed E-state index contributed by atoms with van der Waals surface area (Å²) in [5.41, 5.74) is 1.19. The molecule has 2 rings (SSSR count). The van der Waals surface area contributed by atoms with Crippen molar-refractivity contribution >= 4 is 33.2 Å². The Morgan fingerprint density at radius 2 is 1.79 bits per heavy atom. The molecule has 1 amide bonds. The summed E-state index contributed by atoms with van der Waals surface area (Å²) < 4.78 is 35.8. The summed E-state index contributed by atoms with van der Waals surface area (Å²) in [6.07, 6.45) is 1.69. The minimum absolute atomic E-state index is 0.253. The Morgan fingerprint density at radius 1 is 1.14 bits per heavy atom. The molecule has 29 heavy (non-hydrogen) atoms. The number of amides is 1. The zero-order valence-corrected chi connectivity index (χ0v) is 18.4. The zero-order chi connectivity index (χ0) is 21.6. The number of halogens is 1. The molecule has 0 aliphatic heterocycles. The van der Waals surface area contributed by atoms with E-state index < -0.39 is 15.9 Å². The highest BCUT2D eigenvalue weighted by atomic mass is 35.5. The van der Waals surface area contributed by atoms with E-state index in [1.54, 1.807) is 19.2 Å². The normalized spacial score (nSPS) is 12.2. The van der Waals surface area contributed by atoms with Crippen LogP contribution in [-0.4, -0.2) is 41.3 Å². The van der Waals surface area contributed by atoms with Gasteiger partial charge in [-0.15, -0.1) is 0 Å². The maximum atomic E-state index is 12.6.